The Balaban J connectivity index is 1.50. The SMILES string of the molecule is Cn1c(CN2CCCC(c3noc(C4CC4)n3)C2)cc(=O)n(C)c1=O. The summed E-state index contributed by atoms with van der Waals surface area (Å²) >= 11 is 0. The summed E-state index contributed by atoms with van der Waals surface area (Å²) in [6, 6.07) is 1.55. The summed E-state index contributed by atoms with van der Waals surface area (Å²) in [5, 5.41) is 4.18. The second-order valence-electron chi connectivity index (χ2n) is 7.21. The lowest BCUT2D eigenvalue weighted by atomic mass is 9.97. The first-order chi connectivity index (χ1) is 12.0. The zero-order valence-corrected chi connectivity index (χ0v) is 14.6. The molecular weight excluding hydrogens is 322 g/mol. The van der Waals surface area contributed by atoms with Gasteiger partial charge in [0.05, 0.1) is 0 Å². The maximum absolute atomic E-state index is 12.1. The summed E-state index contributed by atoms with van der Waals surface area (Å²) in [6.07, 6.45) is 4.37. The minimum absolute atomic E-state index is 0.244. The van der Waals surface area contributed by atoms with Crippen molar-refractivity contribution >= 4 is 0 Å². The molecule has 0 N–H and O–H groups in total. The molecule has 0 amide bonds. The van der Waals surface area contributed by atoms with E-state index in [2.05, 4.69) is 15.0 Å². The molecule has 0 spiro atoms. The highest BCUT2D eigenvalue weighted by molar-refractivity contribution is 5.07. The van der Waals surface area contributed by atoms with Crippen LogP contribution in [0.3, 0.4) is 0 Å². The molecule has 134 valence electrons. The van der Waals surface area contributed by atoms with Crippen LogP contribution in [0.1, 0.15) is 54.9 Å². The number of hydrogen-bond donors (Lipinski definition) is 0. The normalized spacial score (nSPS) is 21.6. The highest BCUT2D eigenvalue weighted by atomic mass is 16.5. The summed E-state index contributed by atoms with van der Waals surface area (Å²) in [6.45, 7) is 2.33. The van der Waals surface area contributed by atoms with Crippen LogP contribution < -0.4 is 11.2 Å². The molecule has 0 radical (unpaired) electrons. The third-order valence-electron chi connectivity index (χ3n) is 5.27. The summed E-state index contributed by atoms with van der Waals surface area (Å²) < 4.78 is 8.06. The van der Waals surface area contributed by atoms with Crippen LogP contribution in [-0.2, 0) is 20.6 Å². The predicted molar refractivity (Wildman–Crippen MR) is 90.4 cm³/mol. The Kier molecular flexibility index (Phi) is 4.07. The van der Waals surface area contributed by atoms with E-state index in [0.29, 0.717) is 12.5 Å². The van der Waals surface area contributed by atoms with Crippen molar-refractivity contribution in [1.29, 1.82) is 0 Å². The van der Waals surface area contributed by atoms with Gasteiger partial charge in [0.15, 0.2) is 5.82 Å². The van der Waals surface area contributed by atoms with E-state index in [1.807, 2.05) is 0 Å². The molecule has 3 heterocycles. The highest BCUT2D eigenvalue weighted by Crippen LogP contribution is 2.39. The standard InChI is InChI=1S/C17H23N5O3/c1-20-13(8-14(23)21(2)17(20)24)10-22-7-3-4-12(9-22)15-18-16(25-19-15)11-5-6-11/h8,11-12H,3-7,9-10H2,1-2H3. The number of nitrogens with zero attached hydrogens (tertiary/aromatic N) is 5. The predicted octanol–water partition coefficient (Wildman–Crippen LogP) is 0.724. The molecule has 1 aliphatic carbocycles. The van der Waals surface area contributed by atoms with Crippen LogP contribution in [0.5, 0.6) is 0 Å². The fourth-order valence-corrected chi connectivity index (χ4v) is 3.48. The van der Waals surface area contributed by atoms with E-state index in [0.717, 1.165) is 60.7 Å². The molecular formula is C17H23N5O3. The van der Waals surface area contributed by atoms with Crippen molar-refractivity contribution in [2.75, 3.05) is 13.1 Å². The van der Waals surface area contributed by atoms with Gasteiger partial charge in [-0.15, -0.1) is 0 Å². The Morgan fingerprint density at radius 2 is 1.96 bits per heavy atom. The third-order valence-corrected chi connectivity index (χ3v) is 5.27. The van der Waals surface area contributed by atoms with Gasteiger partial charge in [-0.25, -0.2) is 4.79 Å². The average molecular weight is 345 g/mol. The molecule has 8 heteroatoms. The first-order valence-electron chi connectivity index (χ1n) is 8.84. The molecule has 1 atom stereocenters. The van der Waals surface area contributed by atoms with E-state index in [1.165, 1.54) is 7.05 Å². The van der Waals surface area contributed by atoms with Gasteiger partial charge in [-0.3, -0.25) is 18.8 Å². The van der Waals surface area contributed by atoms with Crippen molar-refractivity contribution in [3.8, 4) is 0 Å². The molecule has 1 aliphatic heterocycles. The van der Waals surface area contributed by atoms with Gasteiger partial charge < -0.3 is 4.52 Å². The summed E-state index contributed by atoms with van der Waals surface area (Å²) in [5.41, 5.74) is 0.183. The maximum Gasteiger partial charge on any atom is 0.330 e. The lowest BCUT2D eigenvalue weighted by Crippen LogP contribution is -2.41. The maximum atomic E-state index is 12.1. The third kappa shape index (κ3) is 3.18. The molecule has 1 saturated heterocycles. The van der Waals surface area contributed by atoms with Crippen molar-refractivity contribution in [2.45, 2.75) is 44.1 Å². The lowest BCUT2D eigenvalue weighted by molar-refractivity contribution is 0.190. The number of hydrogen-bond acceptors (Lipinski definition) is 6. The Bertz CT molecular complexity index is 892. The fraction of sp³-hybridized carbons (Fsp3) is 0.647. The van der Waals surface area contributed by atoms with E-state index < -0.39 is 0 Å². The van der Waals surface area contributed by atoms with Crippen LogP contribution in [-0.4, -0.2) is 37.3 Å². The van der Waals surface area contributed by atoms with E-state index in [4.69, 9.17) is 4.52 Å². The van der Waals surface area contributed by atoms with Gasteiger partial charge in [0.2, 0.25) is 5.89 Å². The minimum atomic E-state index is -0.289. The zero-order chi connectivity index (χ0) is 17.6. The van der Waals surface area contributed by atoms with Gasteiger partial charge in [-0.05, 0) is 32.2 Å². The molecule has 2 fully saturated rings. The molecule has 0 bridgehead atoms. The molecule has 25 heavy (non-hydrogen) atoms. The van der Waals surface area contributed by atoms with E-state index in [1.54, 1.807) is 17.7 Å². The molecule has 2 aromatic heterocycles. The lowest BCUT2D eigenvalue weighted by Gasteiger charge is -2.31. The Labute approximate surface area is 145 Å². The monoisotopic (exact) mass is 345 g/mol. The minimum Gasteiger partial charge on any atom is -0.339 e. The van der Waals surface area contributed by atoms with Crippen molar-refractivity contribution in [2.24, 2.45) is 14.1 Å². The zero-order valence-electron chi connectivity index (χ0n) is 14.6. The second-order valence-corrected chi connectivity index (χ2v) is 7.21. The number of likely N-dealkylation sites (tertiary alicyclic amines) is 1. The smallest absolute Gasteiger partial charge is 0.330 e. The van der Waals surface area contributed by atoms with E-state index in [9.17, 15) is 9.59 Å². The van der Waals surface area contributed by atoms with Crippen LogP contribution in [0, 0.1) is 0 Å². The Morgan fingerprint density at radius 1 is 1.16 bits per heavy atom. The van der Waals surface area contributed by atoms with Gasteiger partial charge in [0, 0.05) is 50.8 Å². The van der Waals surface area contributed by atoms with E-state index >= 15 is 0 Å². The first-order valence-corrected chi connectivity index (χ1v) is 8.84. The summed E-state index contributed by atoms with van der Waals surface area (Å²) in [7, 11) is 3.21. The Hall–Kier alpha value is -2.22. The second kappa shape index (κ2) is 6.25. The van der Waals surface area contributed by atoms with Crippen LogP contribution in [0.25, 0.3) is 0 Å². The van der Waals surface area contributed by atoms with Crippen molar-refractivity contribution in [1.82, 2.24) is 24.2 Å². The molecule has 1 saturated carbocycles. The van der Waals surface area contributed by atoms with Crippen molar-refractivity contribution < 1.29 is 4.52 Å². The number of piperidine rings is 1. The molecule has 1 unspecified atom stereocenters. The topological polar surface area (TPSA) is 86.2 Å². The number of aromatic nitrogens is 4. The van der Waals surface area contributed by atoms with Crippen LogP contribution >= 0.6 is 0 Å². The van der Waals surface area contributed by atoms with Gasteiger partial charge in [-0.2, -0.15) is 4.98 Å². The van der Waals surface area contributed by atoms with E-state index in [-0.39, 0.29) is 17.2 Å². The molecule has 2 aromatic rings. The largest absolute Gasteiger partial charge is 0.339 e. The van der Waals surface area contributed by atoms with Crippen LogP contribution in [0.4, 0.5) is 0 Å². The molecule has 2 aliphatic rings. The van der Waals surface area contributed by atoms with Crippen molar-refractivity contribution in [3.63, 3.8) is 0 Å². The quantitative estimate of drug-likeness (QED) is 0.812. The molecule has 4 rings (SSSR count). The number of rotatable bonds is 4. The summed E-state index contributed by atoms with van der Waals surface area (Å²) in [5.74, 6) is 2.29. The van der Waals surface area contributed by atoms with Gasteiger partial charge in [0.25, 0.3) is 5.56 Å². The van der Waals surface area contributed by atoms with Crippen LogP contribution in [0.2, 0.25) is 0 Å². The molecule has 8 nitrogen and oxygen atoms in total. The van der Waals surface area contributed by atoms with Crippen molar-refractivity contribution in [3.05, 3.63) is 44.3 Å². The fourth-order valence-electron chi connectivity index (χ4n) is 3.48. The van der Waals surface area contributed by atoms with Gasteiger partial charge >= 0.3 is 5.69 Å². The Morgan fingerprint density at radius 3 is 2.72 bits per heavy atom. The summed E-state index contributed by atoms with van der Waals surface area (Å²) in [4.78, 5) is 30.8. The highest BCUT2D eigenvalue weighted by Gasteiger charge is 2.32. The average Bonchev–Trinajstić information content (AvgIpc) is 3.35. The first kappa shape index (κ1) is 16.3. The van der Waals surface area contributed by atoms with Gasteiger partial charge in [-0.1, -0.05) is 5.16 Å². The van der Waals surface area contributed by atoms with Crippen LogP contribution in [0.15, 0.2) is 20.2 Å². The molecule has 0 aromatic carbocycles. The van der Waals surface area contributed by atoms with Gasteiger partial charge in [0.1, 0.15) is 0 Å².